The van der Waals surface area contributed by atoms with Gasteiger partial charge in [-0.3, -0.25) is 9.59 Å². The number of hydrogen-bond donors (Lipinski definition) is 2. The molecule has 4 aromatic rings. The van der Waals surface area contributed by atoms with Gasteiger partial charge in [0, 0.05) is 18.7 Å². The van der Waals surface area contributed by atoms with Gasteiger partial charge in [0.1, 0.15) is 0 Å². The summed E-state index contributed by atoms with van der Waals surface area (Å²) in [6, 6.07) is 26.8. The van der Waals surface area contributed by atoms with Crippen LogP contribution in [0.2, 0.25) is 0 Å². The van der Waals surface area contributed by atoms with Crippen molar-refractivity contribution in [3.63, 3.8) is 0 Å². The number of aryl methyl sites for hydroxylation is 1. The highest BCUT2D eigenvalue weighted by Gasteiger charge is 2.22. The van der Waals surface area contributed by atoms with Gasteiger partial charge in [-0.05, 0) is 18.1 Å². The number of hydrogen-bond acceptors (Lipinski definition) is 5. The molecule has 0 bridgehead atoms. The largest absolute Gasteiger partial charge is 0.354 e. The molecule has 0 atom stereocenters. The highest BCUT2D eigenvalue weighted by molar-refractivity contribution is 5.90. The topological polar surface area (TPSA) is 97.1 Å². The Bertz CT molecular complexity index is 1170. The molecule has 0 unspecified atom stereocenters. The molecule has 1 heterocycles. The Morgan fingerprint density at radius 1 is 0.818 bits per heavy atom. The summed E-state index contributed by atoms with van der Waals surface area (Å²) in [5.41, 5.74) is 3.69. The van der Waals surface area contributed by atoms with Crippen molar-refractivity contribution in [2.75, 3.05) is 13.1 Å². The zero-order valence-corrected chi connectivity index (χ0v) is 18.2. The zero-order chi connectivity index (χ0) is 23.0. The zero-order valence-electron chi connectivity index (χ0n) is 18.2. The van der Waals surface area contributed by atoms with Crippen LogP contribution in [0.25, 0.3) is 11.4 Å². The molecule has 2 N–H and O–H groups in total. The van der Waals surface area contributed by atoms with Crippen molar-refractivity contribution >= 4 is 11.8 Å². The Balaban J connectivity index is 1.33. The first kappa shape index (κ1) is 22.0. The van der Waals surface area contributed by atoms with Gasteiger partial charge in [0.05, 0.1) is 5.92 Å². The standard InChI is InChI=1S/C26H24N4O3/c1-18-12-14-21(15-13-18)23-29-26(33-30-23)25(32)28-17-16-27-24(31)22(19-8-4-2-5-9-19)20-10-6-3-7-11-20/h2-15,22H,16-17H2,1H3,(H,27,31)(H,28,32). The third kappa shape index (κ3) is 5.51. The lowest BCUT2D eigenvalue weighted by atomic mass is 9.90. The fourth-order valence-electron chi connectivity index (χ4n) is 3.46. The summed E-state index contributed by atoms with van der Waals surface area (Å²) >= 11 is 0. The Hall–Kier alpha value is -4.26. The molecule has 3 aromatic carbocycles. The molecule has 2 amide bonds. The second-order valence-corrected chi connectivity index (χ2v) is 7.59. The van der Waals surface area contributed by atoms with E-state index in [-0.39, 0.29) is 24.9 Å². The van der Waals surface area contributed by atoms with Crippen LogP contribution in [0, 0.1) is 6.92 Å². The number of rotatable bonds is 8. The van der Waals surface area contributed by atoms with Crippen molar-refractivity contribution in [1.82, 2.24) is 20.8 Å². The van der Waals surface area contributed by atoms with Gasteiger partial charge in [0.15, 0.2) is 0 Å². The van der Waals surface area contributed by atoms with Crippen LogP contribution in [0.5, 0.6) is 0 Å². The molecule has 0 aliphatic carbocycles. The summed E-state index contributed by atoms with van der Waals surface area (Å²) in [7, 11) is 0. The van der Waals surface area contributed by atoms with E-state index in [0.717, 1.165) is 22.3 Å². The maximum atomic E-state index is 13.0. The van der Waals surface area contributed by atoms with E-state index in [0.29, 0.717) is 5.82 Å². The monoisotopic (exact) mass is 440 g/mol. The van der Waals surface area contributed by atoms with Gasteiger partial charge in [0.25, 0.3) is 0 Å². The molecule has 0 aliphatic rings. The number of carbonyl (C=O) groups excluding carboxylic acids is 2. The van der Waals surface area contributed by atoms with Crippen molar-refractivity contribution < 1.29 is 14.1 Å². The van der Waals surface area contributed by atoms with Crippen LogP contribution >= 0.6 is 0 Å². The van der Waals surface area contributed by atoms with Gasteiger partial charge >= 0.3 is 11.8 Å². The number of carbonyl (C=O) groups is 2. The van der Waals surface area contributed by atoms with E-state index in [1.54, 1.807) is 0 Å². The highest BCUT2D eigenvalue weighted by Crippen LogP contribution is 2.24. The fraction of sp³-hybridized carbons (Fsp3) is 0.154. The van der Waals surface area contributed by atoms with Crippen LogP contribution in [0.15, 0.2) is 89.5 Å². The summed E-state index contributed by atoms with van der Waals surface area (Å²) in [5.74, 6) is -0.833. The average molecular weight is 441 g/mol. The third-order valence-electron chi connectivity index (χ3n) is 5.17. The van der Waals surface area contributed by atoms with Gasteiger partial charge in [-0.15, -0.1) is 0 Å². The summed E-state index contributed by atoms with van der Waals surface area (Å²) in [4.78, 5) is 29.5. The van der Waals surface area contributed by atoms with Gasteiger partial charge in [-0.25, -0.2) is 0 Å². The molecule has 0 fully saturated rings. The van der Waals surface area contributed by atoms with Crippen molar-refractivity contribution in [2.45, 2.75) is 12.8 Å². The quantitative estimate of drug-likeness (QED) is 0.407. The molecule has 33 heavy (non-hydrogen) atoms. The maximum absolute atomic E-state index is 13.0. The number of aromatic nitrogens is 2. The summed E-state index contributed by atoms with van der Waals surface area (Å²) in [6.07, 6.45) is 0. The van der Waals surface area contributed by atoms with E-state index in [4.69, 9.17) is 4.52 Å². The Morgan fingerprint density at radius 3 is 2.00 bits per heavy atom. The van der Waals surface area contributed by atoms with E-state index in [2.05, 4.69) is 20.8 Å². The molecule has 7 heteroatoms. The predicted molar refractivity (Wildman–Crippen MR) is 125 cm³/mol. The minimum Gasteiger partial charge on any atom is -0.354 e. The van der Waals surface area contributed by atoms with E-state index in [9.17, 15) is 9.59 Å². The lowest BCUT2D eigenvalue weighted by Crippen LogP contribution is -2.37. The maximum Gasteiger partial charge on any atom is 0.316 e. The van der Waals surface area contributed by atoms with Crippen LogP contribution < -0.4 is 10.6 Å². The van der Waals surface area contributed by atoms with E-state index in [1.807, 2.05) is 91.9 Å². The minimum atomic E-state index is -0.488. The minimum absolute atomic E-state index is 0.122. The van der Waals surface area contributed by atoms with Crippen LogP contribution in [0.3, 0.4) is 0 Å². The molecule has 166 valence electrons. The second kappa shape index (κ2) is 10.4. The van der Waals surface area contributed by atoms with Gasteiger partial charge in [-0.2, -0.15) is 4.98 Å². The molecule has 4 rings (SSSR count). The Morgan fingerprint density at radius 2 is 1.39 bits per heavy atom. The van der Waals surface area contributed by atoms with Gasteiger partial charge < -0.3 is 15.2 Å². The molecular formula is C26H24N4O3. The third-order valence-corrected chi connectivity index (χ3v) is 5.17. The summed E-state index contributed by atoms with van der Waals surface area (Å²) < 4.78 is 5.08. The van der Waals surface area contributed by atoms with Crippen molar-refractivity contribution in [3.8, 4) is 11.4 Å². The Kier molecular flexibility index (Phi) is 6.90. The molecule has 0 radical (unpaired) electrons. The van der Waals surface area contributed by atoms with E-state index >= 15 is 0 Å². The number of benzene rings is 3. The van der Waals surface area contributed by atoms with Crippen molar-refractivity contribution in [1.29, 1.82) is 0 Å². The SMILES string of the molecule is Cc1ccc(-c2noc(C(=O)NCCNC(=O)C(c3ccccc3)c3ccccc3)n2)cc1. The van der Waals surface area contributed by atoms with Gasteiger partial charge in [0.2, 0.25) is 11.7 Å². The van der Waals surface area contributed by atoms with Crippen LogP contribution in [-0.4, -0.2) is 35.0 Å². The number of nitrogens with one attached hydrogen (secondary N) is 2. The summed E-state index contributed by atoms with van der Waals surface area (Å²) in [6.45, 7) is 2.47. The molecule has 0 spiro atoms. The van der Waals surface area contributed by atoms with Crippen LogP contribution in [0.1, 0.15) is 33.3 Å². The van der Waals surface area contributed by atoms with Crippen LogP contribution in [0.4, 0.5) is 0 Å². The first-order valence-electron chi connectivity index (χ1n) is 10.7. The highest BCUT2D eigenvalue weighted by atomic mass is 16.5. The molecular weight excluding hydrogens is 416 g/mol. The normalized spacial score (nSPS) is 10.7. The lowest BCUT2D eigenvalue weighted by molar-refractivity contribution is -0.121. The molecule has 0 saturated carbocycles. The molecule has 1 aromatic heterocycles. The van der Waals surface area contributed by atoms with Gasteiger partial charge in [-0.1, -0.05) is 95.6 Å². The van der Waals surface area contributed by atoms with Crippen LogP contribution in [-0.2, 0) is 4.79 Å². The Labute approximate surface area is 191 Å². The number of nitrogens with zero attached hydrogens (tertiary/aromatic N) is 2. The van der Waals surface area contributed by atoms with Crippen molar-refractivity contribution in [2.24, 2.45) is 0 Å². The second-order valence-electron chi connectivity index (χ2n) is 7.59. The molecule has 7 nitrogen and oxygen atoms in total. The predicted octanol–water partition coefficient (Wildman–Crippen LogP) is 3.72. The molecule has 0 aliphatic heterocycles. The van der Waals surface area contributed by atoms with Crippen molar-refractivity contribution in [3.05, 3.63) is 108 Å². The summed E-state index contributed by atoms with van der Waals surface area (Å²) in [5, 5.41) is 9.47. The smallest absolute Gasteiger partial charge is 0.316 e. The van der Waals surface area contributed by atoms with E-state index in [1.165, 1.54) is 0 Å². The average Bonchev–Trinajstić information content (AvgIpc) is 3.34. The molecule has 0 saturated heterocycles. The fourth-order valence-corrected chi connectivity index (χ4v) is 3.46. The first-order valence-corrected chi connectivity index (χ1v) is 10.7. The van der Waals surface area contributed by atoms with E-state index < -0.39 is 11.8 Å². The number of amides is 2. The lowest BCUT2D eigenvalue weighted by Gasteiger charge is -2.18. The first-order chi connectivity index (χ1) is 16.1.